The van der Waals surface area contributed by atoms with E-state index in [1.54, 1.807) is 0 Å². The van der Waals surface area contributed by atoms with Gasteiger partial charge in [-0.15, -0.1) is 5.10 Å². The van der Waals surface area contributed by atoms with Gasteiger partial charge in [0.2, 0.25) is 5.91 Å². The summed E-state index contributed by atoms with van der Waals surface area (Å²) in [7, 11) is 0. The molecule has 160 valence electrons. The number of hydrogen-bond donors (Lipinski definition) is 0. The van der Waals surface area contributed by atoms with Crippen molar-refractivity contribution in [1.82, 2.24) is 15.0 Å². The highest BCUT2D eigenvalue weighted by Gasteiger charge is 2.10. The van der Waals surface area contributed by atoms with E-state index in [2.05, 4.69) is 29.4 Å². The van der Waals surface area contributed by atoms with Crippen LogP contribution in [0.5, 0.6) is 0 Å². The van der Waals surface area contributed by atoms with E-state index in [1.807, 2.05) is 24.3 Å². The maximum Gasteiger partial charge on any atom is 0.248 e. The van der Waals surface area contributed by atoms with Crippen molar-refractivity contribution in [3.05, 3.63) is 36.4 Å². The summed E-state index contributed by atoms with van der Waals surface area (Å²) in [6, 6.07) is 7.60. The molecule has 0 saturated carbocycles. The van der Waals surface area contributed by atoms with Crippen molar-refractivity contribution in [3.8, 4) is 0 Å². The number of benzene rings is 1. The molecule has 0 saturated heterocycles. The van der Waals surface area contributed by atoms with Crippen molar-refractivity contribution in [1.29, 1.82) is 0 Å². The van der Waals surface area contributed by atoms with E-state index >= 15 is 0 Å². The third kappa shape index (κ3) is 9.38. The van der Waals surface area contributed by atoms with Crippen LogP contribution in [-0.2, 0) is 0 Å². The van der Waals surface area contributed by atoms with Crippen molar-refractivity contribution in [3.63, 3.8) is 0 Å². The van der Waals surface area contributed by atoms with Crippen LogP contribution in [0.4, 0.5) is 0 Å². The number of unbranched alkanes of at least 4 members (excludes halogenated alkanes) is 12. The molecule has 0 N–H and O–H groups in total. The molecule has 1 aromatic carbocycles. The standard InChI is InChI=1S/C25H39N3O/c1-2-3-4-5-6-7-8-9-10-11-12-13-14-15-16-17-22-25(29)28-24-21-19-18-20-23(24)26-27-28/h13-14,18-21H,2-12,15-17,22H2,1H3/b14-13+. The molecule has 0 aliphatic rings. The van der Waals surface area contributed by atoms with Crippen LogP contribution in [0, 0.1) is 0 Å². The number of nitrogens with zero attached hydrogens (tertiary/aromatic N) is 3. The Morgan fingerprint density at radius 2 is 1.41 bits per heavy atom. The zero-order valence-electron chi connectivity index (χ0n) is 18.3. The molecule has 2 aromatic rings. The van der Waals surface area contributed by atoms with Crippen LogP contribution in [0.3, 0.4) is 0 Å². The summed E-state index contributed by atoms with van der Waals surface area (Å²) in [5, 5.41) is 8.04. The number of hydrogen-bond acceptors (Lipinski definition) is 3. The van der Waals surface area contributed by atoms with Gasteiger partial charge < -0.3 is 0 Å². The van der Waals surface area contributed by atoms with Crippen LogP contribution in [-0.4, -0.2) is 20.9 Å². The van der Waals surface area contributed by atoms with E-state index in [4.69, 9.17) is 0 Å². The number of rotatable bonds is 16. The first-order valence-corrected chi connectivity index (χ1v) is 11.8. The first kappa shape index (κ1) is 23.3. The Morgan fingerprint density at radius 3 is 2.10 bits per heavy atom. The minimum absolute atomic E-state index is 0.0352. The topological polar surface area (TPSA) is 47.8 Å². The Labute approximate surface area is 176 Å². The van der Waals surface area contributed by atoms with Crippen molar-refractivity contribution >= 4 is 16.9 Å². The van der Waals surface area contributed by atoms with Crippen molar-refractivity contribution in [2.24, 2.45) is 0 Å². The molecule has 0 radical (unpaired) electrons. The van der Waals surface area contributed by atoms with Gasteiger partial charge in [0.15, 0.2) is 0 Å². The molecule has 0 aliphatic carbocycles. The van der Waals surface area contributed by atoms with Crippen LogP contribution in [0.2, 0.25) is 0 Å². The quantitative estimate of drug-likeness (QED) is 0.218. The number of allylic oxidation sites excluding steroid dienone is 2. The van der Waals surface area contributed by atoms with Gasteiger partial charge in [0.25, 0.3) is 0 Å². The van der Waals surface area contributed by atoms with Crippen molar-refractivity contribution < 1.29 is 4.79 Å². The summed E-state index contributed by atoms with van der Waals surface area (Å²) in [6.45, 7) is 2.28. The molecular formula is C25H39N3O. The van der Waals surface area contributed by atoms with E-state index in [0.29, 0.717) is 6.42 Å². The molecule has 4 nitrogen and oxygen atoms in total. The molecule has 0 bridgehead atoms. The fourth-order valence-corrected chi connectivity index (χ4v) is 3.68. The molecular weight excluding hydrogens is 358 g/mol. The Bertz CT molecular complexity index is 720. The number of carbonyl (C=O) groups is 1. The predicted molar refractivity (Wildman–Crippen MR) is 122 cm³/mol. The predicted octanol–water partition coefficient (Wildman–Crippen LogP) is 7.50. The Balaban J connectivity index is 1.42. The van der Waals surface area contributed by atoms with Crippen LogP contribution in [0.1, 0.15) is 108 Å². The molecule has 0 unspecified atom stereocenters. The van der Waals surface area contributed by atoms with Gasteiger partial charge in [-0.2, -0.15) is 4.68 Å². The summed E-state index contributed by atoms with van der Waals surface area (Å²) >= 11 is 0. The third-order valence-corrected chi connectivity index (χ3v) is 5.49. The summed E-state index contributed by atoms with van der Waals surface area (Å²) in [5.74, 6) is 0.0352. The summed E-state index contributed by atoms with van der Waals surface area (Å²) in [4.78, 5) is 12.3. The molecule has 4 heteroatoms. The lowest BCUT2D eigenvalue weighted by Gasteiger charge is -2.01. The van der Waals surface area contributed by atoms with Gasteiger partial charge in [-0.25, -0.2) is 0 Å². The highest BCUT2D eigenvalue weighted by Crippen LogP contribution is 2.13. The van der Waals surface area contributed by atoms with Gasteiger partial charge in [-0.1, -0.05) is 94.2 Å². The maximum absolute atomic E-state index is 12.3. The van der Waals surface area contributed by atoms with Gasteiger partial charge in [-0.05, 0) is 44.2 Å². The fourth-order valence-electron chi connectivity index (χ4n) is 3.68. The first-order chi connectivity index (χ1) is 14.3. The Kier molecular flexibility index (Phi) is 12.0. The number of fused-ring (bicyclic) bond motifs is 1. The number of carbonyl (C=O) groups excluding carboxylic acids is 1. The summed E-state index contributed by atoms with van der Waals surface area (Å²) in [6.07, 6.45) is 23.2. The minimum Gasteiger partial charge on any atom is -0.273 e. The minimum atomic E-state index is 0.0352. The van der Waals surface area contributed by atoms with Crippen molar-refractivity contribution in [2.75, 3.05) is 0 Å². The van der Waals surface area contributed by atoms with Crippen molar-refractivity contribution in [2.45, 2.75) is 103 Å². The second-order valence-electron chi connectivity index (χ2n) is 8.07. The van der Waals surface area contributed by atoms with Gasteiger partial charge in [0.1, 0.15) is 5.52 Å². The molecule has 0 spiro atoms. The SMILES string of the molecule is CCCCCCCCCCCC/C=C/CCCCC(=O)n1nnc2ccccc21. The van der Waals surface area contributed by atoms with Gasteiger partial charge >= 0.3 is 0 Å². The van der Waals surface area contributed by atoms with E-state index < -0.39 is 0 Å². The molecule has 29 heavy (non-hydrogen) atoms. The first-order valence-electron chi connectivity index (χ1n) is 11.8. The molecule has 1 aromatic heterocycles. The number of aromatic nitrogens is 3. The van der Waals surface area contributed by atoms with E-state index in [-0.39, 0.29) is 5.91 Å². The molecule has 1 heterocycles. The van der Waals surface area contributed by atoms with E-state index in [9.17, 15) is 4.79 Å². The molecule has 2 rings (SSSR count). The van der Waals surface area contributed by atoms with Crippen LogP contribution < -0.4 is 0 Å². The molecule has 0 fully saturated rings. The average Bonchev–Trinajstić information content (AvgIpc) is 3.17. The van der Waals surface area contributed by atoms with Crippen LogP contribution >= 0.6 is 0 Å². The molecule has 0 amide bonds. The highest BCUT2D eigenvalue weighted by atomic mass is 16.2. The zero-order chi connectivity index (χ0) is 20.6. The monoisotopic (exact) mass is 397 g/mol. The van der Waals surface area contributed by atoms with Crippen LogP contribution in [0.25, 0.3) is 11.0 Å². The lowest BCUT2D eigenvalue weighted by atomic mass is 10.1. The number of para-hydroxylation sites is 1. The lowest BCUT2D eigenvalue weighted by molar-refractivity contribution is 0.0886. The largest absolute Gasteiger partial charge is 0.273 e. The van der Waals surface area contributed by atoms with Gasteiger partial charge in [-0.3, -0.25) is 4.79 Å². The van der Waals surface area contributed by atoms with E-state index in [1.165, 1.54) is 75.3 Å². The summed E-state index contributed by atoms with van der Waals surface area (Å²) in [5.41, 5.74) is 1.57. The second kappa shape index (κ2) is 14.9. The van der Waals surface area contributed by atoms with E-state index in [0.717, 1.165) is 30.3 Å². The summed E-state index contributed by atoms with van der Waals surface area (Å²) < 4.78 is 1.44. The van der Waals surface area contributed by atoms with Crippen LogP contribution in [0.15, 0.2) is 36.4 Å². The zero-order valence-corrected chi connectivity index (χ0v) is 18.3. The lowest BCUT2D eigenvalue weighted by Crippen LogP contribution is -2.11. The second-order valence-corrected chi connectivity index (χ2v) is 8.07. The Hall–Kier alpha value is -1.97. The maximum atomic E-state index is 12.3. The molecule has 0 aliphatic heterocycles. The smallest absolute Gasteiger partial charge is 0.248 e. The molecule has 0 atom stereocenters. The third-order valence-electron chi connectivity index (χ3n) is 5.49. The Morgan fingerprint density at radius 1 is 0.828 bits per heavy atom. The van der Waals surface area contributed by atoms with Gasteiger partial charge in [0.05, 0.1) is 5.52 Å². The highest BCUT2D eigenvalue weighted by molar-refractivity contribution is 5.88. The fraction of sp³-hybridized carbons (Fsp3) is 0.640. The normalized spacial score (nSPS) is 11.6. The average molecular weight is 398 g/mol. The van der Waals surface area contributed by atoms with Gasteiger partial charge in [0, 0.05) is 6.42 Å².